The number of anilines is 1. The minimum atomic E-state index is -0.0917. The van der Waals surface area contributed by atoms with E-state index in [4.69, 9.17) is 25.8 Å². The zero-order valence-corrected chi connectivity index (χ0v) is 17.5. The summed E-state index contributed by atoms with van der Waals surface area (Å²) < 4.78 is 16.7. The number of hydrogen-bond donors (Lipinski definition) is 1. The van der Waals surface area contributed by atoms with Crippen LogP contribution in [0.5, 0.6) is 11.5 Å². The molecule has 29 heavy (non-hydrogen) atoms. The molecule has 0 radical (unpaired) electrons. The number of halogens is 1. The largest absolute Gasteiger partial charge is 0.490 e. The van der Waals surface area contributed by atoms with Crippen molar-refractivity contribution < 1.29 is 19.0 Å². The Morgan fingerprint density at radius 2 is 1.93 bits per heavy atom. The highest BCUT2D eigenvalue weighted by atomic mass is 35.5. The third-order valence-electron chi connectivity index (χ3n) is 4.92. The number of benzene rings is 2. The molecule has 0 aromatic heterocycles. The predicted molar refractivity (Wildman–Crippen MR) is 115 cm³/mol. The third kappa shape index (κ3) is 6.65. The van der Waals surface area contributed by atoms with Crippen LogP contribution in [-0.4, -0.2) is 32.3 Å². The number of carbonyl (C=O) groups is 1. The van der Waals surface area contributed by atoms with E-state index in [1.807, 2.05) is 24.3 Å². The summed E-state index contributed by atoms with van der Waals surface area (Å²) in [7, 11) is 1.60. The average Bonchev–Trinajstić information content (AvgIpc) is 3.22. The van der Waals surface area contributed by atoms with Crippen molar-refractivity contribution in [3.63, 3.8) is 0 Å². The smallest absolute Gasteiger partial charge is 0.224 e. The summed E-state index contributed by atoms with van der Waals surface area (Å²) in [5.74, 6) is 1.26. The zero-order chi connectivity index (χ0) is 20.5. The quantitative estimate of drug-likeness (QED) is 0.536. The van der Waals surface area contributed by atoms with Crippen LogP contribution >= 0.6 is 11.6 Å². The molecule has 0 saturated heterocycles. The Hall–Kier alpha value is -2.24. The second-order valence-corrected chi connectivity index (χ2v) is 7.58. The number of aryl methyl sites for hydroxylation is 1. The van der Waals surface area contributed by atoms with Gasteiger partial charge in [-0.05, 0) is 61.9 Å². The number of carbonyl (C=O) groups excluding carboxylic acids is 1. The molecule has 0 heterocycles. The Balaban J connectivity index is 1.54. The standard InChI is InChI=1S/C23H28ClNO4/c1-27-14-15-28-23-20(24)10-5-11-21(23)25-22(26)13-12-17-6-4-9-19(16-17)29-18-7-2-3-8-18/h4-6,9-11,16,18H,2-3,7-8,12-15H2,1H3,(H,25,26). The minimum Gasteiger partial charge on any atom is -0.490 e. The number of rotatable bonds is 10. The second kappa shape index (κ2) is 11.1. The van der Waals surface area contributed by atoms with Gasteiger partial charge in [0.05, 0.1) is 23.4 Å². The van der Waals surface area contributed by atoms with Gasteiger partial charge in [0, 0.05) is 13.5 Å². The van der Waals surface area contributed by atoms with Crippen LogP contribution in [0, 0.1) is 0 Å². The fourth-order valence-electron chi connectivity index (χ4n) is 3.42. The Kier molecular flexibility index (Phi) is 8.20. The lowest BCUT2D eigenvalue weighted by molar-refractivity contribution is -0.116. The normalized spacial score (nSPS) is 14.0. The Morgan fingerprint density at radius 3 is 2.72 bits per heavy atom. The summed E-state index contributed by atoms with van der Waals surface area (Å²) in [5.41, 5.74) is 1.65. The van der Waals surface area contributed by atoms with Gasteiger partial charge in [-0.25, -0.2) is 0 Å². The van der Waals surface area contributed by atoms with E-state index in [9.17, 15) is 4.79 Å². The van der Waals surface area contributed by atoms with E-state index >= 15 is 0 Å². The van der Waals surface area contributed by atoms with Gasteiger partial charge in [0.15, 0.2) is 5.75 Å². The van der Waals surface area contributed by atoms with Gasteiger partial charge in [0.2, 0.25) is 5.91 Å². The molecule has 0 aliphatic heterocycles. The van der Waals surface area contributed by atoms with Crippen molar-refractivity contribution >= 4 is 23.2 Å². The first-order valence-corrected chi connectivity index (χ1v) is 10.5. The van der Waals surface area contributed by atoms with Crippen molar-refractivity contribution in [2.45, 2.75) is 44.6 Å². The van der Waals surface area contributed by atoms with E-state index in [2.05, 4.69) is 5.32 Å². The van der Waals surface area contributed by atoms with Crippen LogP contribution < -0.4 is 14.8 Å². The van der Waals surface area contributed by atoms with Crippen LogP contribution in [0.4, 0.5) is 5.69 Å². The summed E-state index contributed by atoms with van der Waals surface area (Å²) in [6, 6.07) is 13.3. The Labute approximate surface area is 177 Å². The van der Waals surface area contributed by atoms with Gasteiger partial charge in [0.1, 0.15) is 12.4 Å². The molecule has 1 N–H and O–H groups in total. The van der Waals surface area contributed by atoms with Crippen molar-refractivity contribution in [3.05, 3.63) is 53.1 Å². The van der Waals surface area contributed by atoms with E-state index in [0.29, 0.717) is 48.6 Å². The maximum atomic E-state index is 12.5. The van der Waals surface area contributed by atoms with Crippen molar-refractivity contribution in [2.75, 3.05) is 25.6 Å². The minimum absolute atomic E-state index is 0.0917. The van der Waals surface area contributed by atoms with Crippen LogP contribution in [0.1, 0.15) is 37.7 Å². The molecule has 156 valence electrons. The topological polar surface area (TPSA) is 56.8 Å². The number of methoxy groups -OCH3 is 1. The third-order valence-corrected chi connectivity index (χ3v) is 5.22. The first-order chi connectivity index (χ1) is 14.2. The Bertz CT molecular complexity index is 805. The highest BCUT2D eigenvalue weighted by Gasteiger charge is 2.16. The van der Waals surface area contributed by atoms with Gasteiger partial charge in [0.25, 0.3) is 0 Å². The molecule has 1 aliphatic rings. The number of hydrogen-bond acceptors (Lipinski definition) is 4. The summed E-state index contributed by atoms with van der Waals surface area (Å²) >= 11 is 6.22. The maximum absolute atomic E-state index is 12.5. The van der Waals surface area contributed by atoms with E-state index in [-0.39, 0.29) is 5.91 Å². The molecule has 0 bridgehead atoms. The number of ether oxygens (including phenoxy) is 3. The average molecular weight is 418 g/mol. The molecule has 6 heteroatoms. The molecule has 0 spiro atoms. The molecule has 5 nitrogen and oxygen atoms in total. The molecule has 2 aromatic rings. The molecule has 1 fully saturated rings. The molecule has 0 unspecified atom stereocenters. The van der Waals surface area contributed by atoms with Crippen molar-refractivity contribution in [3.8, 4) is 11.5 Å². The fourth-order valence-corrected chi connectivity index (χ4v) is 3.65. The highest BCUT2D eigenvalue weighted by Crippen LogP contribution is 2.33. The lowest BCUT2D eigenvalue weighted by Crippen LogP contribution is -2.14. The number of nitrogens with one attached hydrogen (secondary N) is 1. The maximum Gasteiger partial charge on any atom is 0.224 e. The van der Waals surface area contributed by atoms with Gasteiger partial charge in [-0.3, -0.25) is 4.79 Å². The predicted octanol–water partition coefficient (Wildman–Crippen LogP) is 5.26. The molecule has 1 amide bonds. The van der Waals surface area contributed by atoms with Gasteiger partial charge in [-0.15, -0.1) is 0 Å². The summed E-state index contributed by atoms with van der Waals surface area (Å²) in [6.07, 6.45) is 6.05. The van der Waals surface area contributed by atoms with Gasteiger partial charge >= 0.3 is 0 Å². The second-order valence-electron chi connectivity index (χ2n) is 7.18. The van der Waals surface area contributed by atoms with Gasteiger partial charge in [-0.2, -0.15) is 0 Å². The van der Waals surface area contributed by atoms with Gasteiger partial charge in [-0.1, -0.05) is 29.8 Å². The number of amides is 1. The molecule has 3 rings (SSSR count). The number of para-hydroxylation sites is 1. The van der Waals surface area contributed by atoms with E-state index in [1.54, 1.807) is 25.3 Å². The lowest BCUT2D eigenvalue weighted by Gasteiger charge is -2.15. The van der Waals surface area contributed by atoms with Crippen molar-refractivity contribution in [2.24, 2.45) is 0 Å². The van der Waals surface area contributed by atoms with Gasteiger partial charge < -0.3 is 19.5 Å². The van der Waals surface area contributed by atoms with E-state index in [1.165, 1.54) is 12.8 Å². The van der Waals surface area contributed by atoms with Crippen molar-refractivity contribution in [1.29, 1.82) is 0 Å². The van der Waals surface area contributed by atoms with Crippen molar-refractivity contribution in [1.82, 2.24) is 0 Å². The molecule has 1 saturated carbocycles. The monoisotopic (exact) mass is 417 g/mol. The van der Waals surface area contributed by atoms with Crippen LogP contribution in [-0.2, 0) is 16.0 Å². The fraction of sp³-hybridized carbons (Fsp3) is 0.435. The lowest BCUT2D eigenvalue weighted by atomic mass is 10.1. The molecular weight excluding hydrogens is 390 g/mol. The van der Waals surface area contributed by atoms with Crippen LogP contribution in [0.2, 0.25) is 5.02 Å². The SMILES string of the molecule is COCCOc1c(Cl)cccc1NC(=O)CCc1cccc(OC2CCCC2)c1. The first kappa shape index (κ1) is 21.5. The molecule has 0 atom stereocenters. The summed E-state index contributed by atoms with van der Waals surface area (Å²) in [6.45, 7) is 0.800. The van der Waals surface area contributed by atoms with E-state index in [0.717, 1.165) is 24.2 Å². The molecule has 1 aliphatic carbocycles. The van der Waals surface area contributed by atoms with Crippen LogP contribution in [0.15, 0.2) is 42.5 Å². The molecule has 2 aromatic carbocycles. The van der Waals surface area contributed by atoms with Crippen LogP contribution in [0.25, 0.3) is 0 Å². The Morgan fingerprint density at radius 1 is 1.14 bits per heavy atom. The summed E-state index contributed by atoms with van der Waals surface area (Å²) in [4.78, 5) is 12.5. The molecular formula is C23H28ClNO4. The summed E-state index contributed by atoms with van der Waals surface area (Å²) in [5, 5.41) is 3.36. The van der Waals surface area contributed by atoms with E-state index < -0.39 is 0 Å². The zero-order valence-electron chi connectivity index (χ0n) is 16.8. The highest BCUT2D eigenvalue weighted by molar-refractivity contribution is 6.32. The van der Waals surface area contributed by atoms with Crippen LogP contribution in [0.3, 0.4) is 0 Å². The first-order valence-electron chi connectivity index (χ1n) is 10.1.